The van der Waals surface area contributed by atoms with Crippen LogP contribution in [0.1, 0.15) is 10.4 Å². The maximum atomic E-state index is 14.3. The zero-order valence-electron chi connectivity index (χ0n) is 12.4. The van der Waals surface area contributed by atoms with E-state index in [1.54, 1.807) is 48.5 Å². The fraction of sp³-hybridized carbons (Fsp3) is 0. The third kappa shape index (κ3) is 3.01. The van der Waals surface area contributed by atoms with Gasteiger partial charge < -0.3 is 0 Å². The average molecular weight is 344 g/mol. The minimum Gasteiger partial charge on any atom is -0.274 e. The van der Waals surface area contributed by atoms with Crippen molar-refractivity contribution < 1.29 is 13.6 Å². The molecule has 0 unspecified atom stereocenters. The first-order chi connectivity index (χ1) is 11.6. The van der Waals surface area contributed by atoms with E-state index in [-0.39, 0.29) is 16.3 Å². The van der Waals surface area contributed by atoms with Gasteiger partial charge in [0.15, 0.2) is 11.6 Å². The second kappa shape index (κ2) is 6.81. The minimum absolute atomic E-state index is 0.175. The van der Waals surface area contributed by atoms with E-state index < -0.39 is 17.5 Å². The Morgan fingerprint density at radius 2 is 1.50 bits per heavy atom. The molecule has 5 heteroatoms. The molecule has 0 radical (unpaired) electrons. The Labute approximate surface area is 142 Å². The average Bonchev–Trinajstić information content (AvgIpc) is 2.60. The fourth-order valence-corrected chi connectivity index (χ4v) is 2.58. The lowest BCUT2D eigenvalue weighted by Gasteiger charge is -2.24. The molecule has 0 heterocycles. The van der Waals surface area contributed by atoms with E-state index >= 15 is 0 Å². The number of carbonyl (C=O) groups is 1. The van der Waals surface area contributed by atoms with Crippen LogP contribution >= 0.6 is 11.6 Å². The molecule has 120 valence electrons. The van der Waals surface area contributed by atoms with Crippen molar-refractivity contribution in [2.45, 2.75) is 0 Å². The zero-order valence-corrected chi connectivity index (χ0v) is 13.2. The van der Waals surface area contributed by atoms with Crippen LogP contribution < -0.4 is 4.90 Å². The summed E-state index contributed by atoms with van der Waals surface area (Å²) in [6, 6.07) is 18.6. The molecule has 0 atom stereocenters. The van der Waals surface area contributed by atoms with Gasteiger partial charge in [-0.25, -0.2) is 8.78 Å². The van der Waals surface area contributed by atoms with Gasteiger partial charge in [0, 0.05) is 5.69 Å². The number of halogens is 3. The van der Waals surface area contributed by atoms with Crippen LogP contribution in [0.2, 0.25) is 5.02 Å². The van der Waals surface area contributed by atoms with Gasteiger partial charge in [-0.1, -0.05) is 48.0 Å². The quantitative estimate of drug-likeness (QED) is 0.606. The topological polar surface area (TPSA) is 20.3 Å². The second-order valence-corrected chi connectivity index (χ2v) is 5.44. The first-order valence-electron chi connectivity index (χ1n) is 7.17. The second-order valence-electron chi connectivity index (χ2n) is 5.03. The maximum absolute atomic E-state index is 14.3. The normalized spacial score (nSPS) is 10.5. The molecule has 3 aromatic carbocycles. The van der Waals surface area contributed by atoms with E-state index in [9.17, 15) is 13.6 Å². The summed E-state index contributed by atoms with van der Waals surface area (Å²) in [6.45, 7) is 0. The van der Waals surface area contributed by atoms with Gasteiger partial charge in [0.1, 0.15) is 0 Å². The molecule has 24 heavy (non-hydrogen) atoms. The molecule has 0 aromatic heterocycles. The van der Waals surface area contributed by atoms with E-state index in [4.69, 9.17) is 11.6 Å². The lowest BCUT2D eigenvalue weighted by atomic mass is 10.1. The third-order valence-electron chi connectivity index (χ3n) is 3.49. The smallest absolute Gasteiger partial charge is 0.264 e. The molecule has 0 aliphatic carbocycles. The predicted molar refractivity (Wildman–Crippen MR) is 90.7 cm³/mol. The Kier molecular flexibility index (Phi) is 4.58. The van der Waals surface area contributed by atoms with Crippen molar-refractivity contribution in [1.29, 1.82) is 0 Å². The number of amides is 1. The summed E-state index contributed by atoms with van der Waals surface area (Å²) in [5, 5.41) is 0.236. The summed E-state index contributed by atoms with van der Waals surface area (Å²) in [5.74, 6) is -2.67. The summed E-state index contributed by atoms with van der Waals surface area (Å²) in [6.07, 6.45) is 0. The highest BCUT2D eigenvalue weighted by atomic mass is 35.5. The lowest BCUT2D eigenvalue weighted by molar-refractivity contribution is 0.0998. The van der Waals surface area contributed by atoms with Crippen LogP contribution in [0.25, 0.3) is 0 Å². The highest BCUT2D eigenvalue weighted by Crippen LogP contribution is 2.32. The Balaban J connectivity index is 2.18. The van der Waals surface area contributed by atoms with Crippen molar-refractivity contribution >= 4 is 28.9 Å². The molecule has 0 aliphatic rings. The van der Waals surface area contributed by atoms with Crippen LogP contribution in [-0.2, 0) is 0 Å². The SMILES string of the molecule is O=C(c1ccccc1Cl)N(c1ccccc1)c1cccc(F)c1F. The van der Waals surface area contributed by atoms with Crippen LogP contribution in [0.3, 0.4) is 0 Å². The molecule has 0 saturated heterocycles. The van der Waals surface area contributed by atoms with Crippen LogP contribution in [0.4, 0.5) is 20.2 Å². The minimum atomic E-state index is -1.10. The molecule has 0 fully saturated rings. The molecule has 0 spiro atoms. The summed E-state index contributed by atoms with van der Waals surface area (Å²) in [5.41, 5.74) is 0.435. The number of carbonyl (C=O) groups excluding carboxylic acids is 1. The summed E-state index contributed by atoms with van der Waals surface area (Å²) < 4.78 is 28.0. The standard InChI is InChI=1S/C19H12ClF2NO/c20-15-10-5-4-9-14(15)19(24)23(13-7-2-1-3-8-13)17-12-6-11-16(21)18(17)22/h1-12H. The van der Waals surface area contributed by atoms with E-state index in [1.165, 1.54) is 18.2 Å². The van der Waals surface area contributed by atoms with E-state index in [2.05, 4.69) is 0 Å². The molecule has 0 bridgehead atoms. The molecular weight excluding hydrogens is 332 g/mol. The van der Waals surface area contributed by atoms with Crippen molar-refractivity contribution in [3.63, 3.8) is 0 Å². The largest absolute Gasteiger partial charge is 0.274 e. The number of nitrogens with zero attached hydrogens (tertiary/aromatic N) is 1. The Hall–Kier alpha value is -2.72. The van der Waals surface area contributed by atoms with Gasteiger partial charge in [-0.2, -0.15) is 0 Å². The monoisotopic (exact) mass is 343 g/mol. The third-order valence-corrected chi connectivity index (χ3v) is 3.82. The summed E-state index contributed by atoms with van der Waals surface area (Å²) in [7, 11) is 0. The molecule has 3 rings (SSSR count). The highest BCUT2D eigenvalue weighted by Gasteiger charge is 2.25. The first kappa shape index (κ1) is 16.1. The van der Waals surface area contributed by atoms with Crippen molar-refractivity contribution in [1.82, 2.24) is 0 Å². The Bertz CT molecular complexity index is 884. The van der Waals surface area contributed by atoms with Crippen molar-refractivity contribution in [2.24, 2.45) is 0 Å². The number of hydrogen-bond acceptors (Lipinski definition) is 1. The van der Waals surface area contributed by atoms with Crippen LogP contribution in [0, 0.1) is 11.6 Å². The van der Waals surface area contributed by atoms with E-state index in [1.807, 2.05) is 0 Å². The fourth-order valence-electron chi connectivity index (χ4n) is 2.36. The van der Waals surface area contributed by atoms with Gasteiger partial charge in [0.05, 0.1) is 16.3 Å². The summed E-state index contributed by atoms with van der Waals surface area (Å²) >= 11 is 6.09. The first-order valence-corrected chi connectivity index (χ1v) is 7.55. The molecule has 0 saturated carbocycles. The van der Waals surface area contributed by atoms with Crippen molar-refractivity contribution in [2.75, 3.05) is 4.90 Å². The molecule has 0 aliphatic heterocycles. The van der Waals surface area contributed by atoms with Gasteiger partial charge in [0.25, 0.3) is 5.91 Å². The van der Waals surface area contributed by atoms with Gasteiger partial charge in [-0.05, 0) is 36.4 Å². The van der Waals surface area contributed by atoms with Crippen molar-refractivity contribution in [3.8, 4) is 0 Å². The van der Waals surface area contributed by atoms with Crippen molar-refractivity contribution in [3.05, 3.63) is 95.0 Å². The summed E-state index contributed by atoms with van der Waals surface area (Å²) in [4.78, 5) is 14.1. The van der Waals surface area contributed by atoms with Crippen LogP contribution in [0.15, 0.2) is 72.8 Å². The molecule has 2 nitrogen and oxygen atoms in total. The molecule has 3 aromatic rings. The van der Waals surface area contributed by atoms with Gasteiger partial charge in [0.2, 0.25) is 0 Å². The maximum Gasteiger partial charge on any atom is 0.264 e. The van der Waals surface area contributed by atoms with Gasteiger partial charge in [-0.3, -0.25) is 9.69 Å². The lowest BCUT2D eigenvalue weighted by Crippen LogP contribution is -2.27. The van der Waals surface area contributed by atoms with Gasteiger partial charge >= 0.3 is 0 Å². The number of anilines is 2. The van der Waals surface area contributed by atoms with Crippen LogP contribution in [0.5, 0.6) is 0 Å². The highest BCUT2D eigenvalue weighted by molar-refractivity contribution is 6.34. The Morgan fingerprint density at radius 3 is 2.21 bits per heavy atom. The number of para-hydroxylation sites is 1. The Morgan fingerprint density at radius 1 is 0.833 bits per heavy atom. The van der Waals surface area contributed by atoms with Crippen LogP contribution in [-0.4, -0.2) is 5.91 Å². The zero-order chi connectivity index (χ0) is 17.1. The van der Waals surface area contributed by atoms with E-state index in [0.29, 0.717) is 5.69 Å². The van der Waals surface area contributed by atoms with E-state index in [0.717, 1.165) is 11.0 Å². The number of benzene rings is 3. The predicted octanol–water partition coefficient (Wildman–Crippen LogP) is 5.60. The molecule has 1 amide bonds. The number of hydrogen-bond donors (Lipinski definition) is 0. The molecular formula is C19H12ClF2NO. The van der Waals surface area contributed by atoms with Gasteiger partial charge in [-0.15, -0.1) is 0 Å². The molecule has 0 N–H and O–H groups in total. The number of rotatable bonds is 3.